The predicted octanol–water partition coefficient (Wildman–Crippen LogP) is 3.75. The molecule has 160 valence electrons. The molecule has 0 atom stereocenters. The van der Waals surface area contributed by atoms with E-state index < -0.39 is 0 Å². The minimum atomic E-state index is -0.279. The fourth-order valence-electron chi connectivity index (χ4n) is 3.51. The van der Waals surface area contributed by atoms with E-state index in [1.165, 1.54) is 10.9 Å². The molecule has 1 N–H and O–H groups in total. The zero-order valence-electron chi connectivity index (χ0n) is 17.9. The Morgan fingerprint density at radius 3 is 2.52 bits per heavy atom. The van der Waals surface area contributed by atoms with Crippen LogP contribution in [0.15, 0.2) is 55.4 Å². The molecule has 4 rings (SSSR count). The van der Waals surface area contributed by atoms with Gasteiger partial charge in [0.2, 0.25) is 0 Å². The Balaban J connectivity index is 1.71. The normalized spacial score (nSPS) is 13.7. The van der Waals surface area contributed by atoms with E-state index >= 15 is 0 Å². The van der Waals surface area contributed by atoms with E-state index in [0.29, 0.717) is 18.1 Å². The number of aromatic nitrogens is 2. The first-order valence-corrected chi connectivity index (χ1v) is 10.5. The third-order valence-electron chi connectivity index (χ3n) is 5.20. The van der Waals surface area contributed by atoms with E-state index in [4.69, 9.17) is 0 Å². The molecule has 0 saturated heterocycles. The number of nitrogens with one attached hydrogen (secondary N) is 1. The lowest BCUT2D eigenvalue weighted by Crippen LogP contribution is -2.39. The Labute approximate surface area is 185 Å². The lowest BCUT2D eigenvalue weighted by Gasteiger charge is -2.33. The van der Waals surface area contributed by atoms with Crippen LogP contribution < -0.4 is 10.2 Å². The number of hydrogen-bond donors (Lipinski definition) is 1. The molecule has 0 fully saturated rings. The molecule has 0 radical (unpaired) electrons. The molecular formula is C22H24N6O2S. The molecule has 1 aromatic carbocycles. The Kier molecular flexibility index (Phi) is 5.38. The second-order valence-corrected chi connectivity index (χ2v) is 8.64. The molecule has 3 heterocycles. The first-order chi connectivity index (χ1) is 14.8. The van der Waals surface area contributed by atoms with Gasteiger partial charge in [0.25, 0.3) is 5.91 Å². The number of rotatable bonds is 4. The van der Waals surface area contributed by atoms with Crippen LogP contribution in [0, 0.1) is 0 Å². The van der Waals surface area contributed by atoms with Crippen LogP contribution in [0.5, 0.6) is 0 Å². The van der Waals surface area contributed by atoms with Gasteiger partial charge in [0, 0.05) is 43.6 Å². The average molecular weight is 437 g/mol. The van der Waals surface area contributed by atoms with Crippen molar-refractivity contribution in [3.05, 3.63) is 66.5 Å². The summed E-state index contributed by atoms with van der Waals surface area (Å²) in [6.07, 6.45) is 4.59. The zero-order valence-corrected chi connectivity index (χ0v) is 18.7. The smallest absolute Gasteiger partial charge is 0.322 e. The van der Waals surface area contributed by atoms with E-state index in [1.807, 2.05) is 50.3 Å². The lowest BCUT2D eigenvalue weighted by molar-refractivity contribution is 0.0825. The maximum absolute atomic E-state index is 13.1. The van der Waals surface area contributed by atoms with Crippen LogP contribution in [0.4, 0.5) is 15.5 Å². The number of carbonyl (C=O) groups is 2. The number of anilines is 2. The molecule has 0 spiro atoms. The molecule has 0 bridgehead atoms. The highest BCUT2D eigenvalue weighted by atomic mass is 32.1. The van der Waals surface area contributed by atoms with Crippen LogP contribution in [0.1, 0.15) is 15.9 Å². The predicted molar refractivity (Wildman–Crippen MR) is 123 cm³/mol. The van der Waals surface area contributed by atoms with Crippen molar-refractivity contribution in [3.63, 3.8) is 0 Å². The Bertz CT molecular complexity index is 1150. The van der Waals surface area contributed by atoms with Gasteiger partial charge in [0.1, 0.15) is 17.1 Å². The number of imidazole rings is 1. The van der Waals surface area contributed by atoms with E-state index in [-0.39, 0.29) is 11.9 Å². The summed E-state index contributed by atoms with van der Waals surface area (Å²) >= 11 is 1.58. The van der Waals surface area contributed by atoms with Gasteiger partial charge in [-0.25, -0.2) is 9.78 Å². The summed E-state index contributed by atoms with van der Waals surface area (Å²) in [5.41, 5.74) is 3.39. The molecule has 0 unspecified atom stereocenters. The van der Waals surface area contributed by atoms with Crippen molar-refractivity contribution in [2.75, 3.05) is 38.4 Å². The van der Waals surface area contributed by atoms with Crippen molar-refractivity contribution < 1.29 is 9.59 Å². The van der Waals surface area contributed by atoms with Gasteiger partial charge in [0.15, 0.2) is 0 Å². The number of hydrogen-bond acceptors (Lipinski definition) is 6. The van der Waals surface area contributed by atoms with Crippen molar-refractivity contribution in [2.24, 2.45) is 0 Å². The summed E-state index contributed by atoms with van der Waals surface area (Å²) in [5, 5.41) is 3.74. The standard InChI is InChI=1S/C22H24N6O2S/c1-14-26(4)20(29)18-17(12-25(2)3)19(31-21(18)27(14)5)15-6-8-16(9-7-15)24-22(30)28-11-10-23-13-28/h6-11,13H,1,12H2,2-5H3,(H,24,30). The third kappa shape index (κ3) is 3.73. The fourth-order valence-corrected chi connectivity index (χ4v) is 4.80. The molecular weight excluding hydrogens is 412 g/mol. The number of thiophene rings is 1. The second kappa shape index (κ2) is 8.01. The van der Waals surface area contributed by atoms with Crippen molar-refractivity contribution in [1.82, 2.24) is 19.4 Å². The number of benzene rings is 1. The first kappa shape index (κ1) is 20.8. The molecule has 9 heteroatoms. The minimum Gasteiger partial charge on any atom is -0.322 e. The first-order valence-electron chi connectivity index (χ1n) is 9.68. The number of nitrogens with zero attached hydrogens (tertiary/aromatic N) is 5. The van der Waals surface area contributed by atoms with Gasteiger partial charge < -0.3 is 15.1 Å². The van der Waals surface area contributed by atoms with Crippen LogP contribution in [0.2, 0.25) is 0 Å². The summed E-state index contributed by atoms with van der Waals surface area (Å²) in [6, 6.07) is 7.36. The maximum atomic E-state index is 13.1. The SMILES string of the molecule is C=C1N(C)C(=O)c2c(sc(-c3ccc(NC(=O)n4ccnc4)cc3)c2CN(C)C)N1C. The molecule has 8 nitrogen and oxygen atoms in total. The molecule has 0 saturated carbocycles. The van der Waals surface area contributed by atoms with Crippen LogP contribution in [0.3, 0.4) is 0 Å². The molecule has 31 heavy (non-hydrogen) atoms. The monoisotopic (exact) mass is 436 g/mol. The van der Waals surface area contributed by atoms with Crippen molar-refractivity contribution >= 4 is 34.0 Å². The highest BCUT2D eigenvalue weighted by molar-refractivity contribution is 7.20. The quantitative estimate of drug-likeness (QED) is 0.674. The fraction of sp³-hybridized carbons (Fsp3) is 0.227. The number of amides is 2. The minimum absolute atomic E-state index is 0.0401. The highest BCUT2D eigenvalue weighted by Gasteiger charge is 2.35. The van der Waals surface area contributed by atoms with Crippen LogP contribution >= 0.6 is 11.3 Å². The van der Waals surface area contributed by atoms with Crippen LogP contribution in [-0.4, -0.2) is 59.5 Å². The second-order valence-electron chi connectivity index (χ2n) is 7.64. The van der Waals surface area contributed by atoms with Gasteiger partial charge in [-0.1, -0.05) is 18.7 Å². The summed E-state index contributed by atoms with van der Waals surface area (Å²) in [6.45, 7) is 4.68. The molecule has 2 aromatic heterocycles. The summed E-state index contributed by atoms with van der Waals surface area (Å²) in [4.78, 5) is 35.8. The lowest BCUT2D eigenvalue weighted by atomic mass is 10.0. The number of fused-ring (bicyclic) bond motifs is 1. The van der Waals surface area contributed by atoms with E-state index in [9.17, 15) is 9.59 Å². The topological polar surface area (TPSA) is 73.7 Å². The van der Waals surface area contributed by atoms with E-state index in [1.54, 1.807) is 35.7 Å². The Hall–Kier alpha value is -3.43. The summed E-state index contributed by atoms with van der Waals surface area (Å²) < 4.78 is 1.38. The summed E-state index contributed by atoms with van der Waals surface area (Å²) in [7, 11) is 7.65. The third-order valence-corrected chi connectivity index (χ3v) is 6.56. The van der Waals surface area contributed by atoms with E-state index in [0.717, 1.165) is 26.6 Å². The van der Waals surface area contributed by atoms with E-state index in [2.05, 4.69) is 21.8 Å². The Morgan fingerprint density at radius 1 is 1.19 bits per heavy atom. The highest BCUT2D eigenvalue weighted by Crippen LogP contribution is 2.46. The van der Waals surface area contributed by atoms with Gasteiger partial charge in [-0.05, 0) is 37.4 Å². The molecule has 1 aliphatic heterocycles. The van der Waals surface area contributed by atoms with Crippen molar-refractivity contribution in [1.29, 1.82) is 0 Å². The molecule has 1 aliphatic rings. The van der Waals surface area contributed by atoms with Gasteiger partial charge in [-0.15, -0.1) is 11.3 Å². The van der Waals surface area contributed by atoms with Gasteiger partial charge in [-0.3, -0.25) is 14.3 Å². The largest absolute Gasteiger partial charge is 0.331 e. The van der Waals surface area contributed by atoms with Gasteiger partial charge in [0.05, 0.1) is 5.56 Å². The van der Waals surface area contributed by atoms with Gasteiger partial charge >= 0.3 is 6.03 Å². The maximum Gasteiger partial charge on any atom is 0.331 e. The van der Waals surface area contributed by atoms with Gasteiger partial charge in [-0.2, -0.15) is 0 Å². The van der Waals surface area contributed by atoms with Crippen molar-refractivity contribution in [2.45, 2.75) is 6.54 Å². The average Bonchev–Trinajstić information content (AvgIpc) is 3.40. The Morgan fingerprint density at radius 2 is 1.90 bits per heavy atom. The molecule has 2 amide bonds. The molecule has 0 aliphatic carbocycles. The van der Waals surface area contributed by atoms with Crippen molar-refractivity contribution in [3.8, 4) is 10.4 Å². The van der Waals surface area contributed by atoms with Crippen LogP contribution in [-0.2, 0) is 6.54 Å². The zero-order chi connectivity index (χ0) is 22.3. The van der Waals surface area contributed by atoms with Crippen LogP contribution in [0.25, 0.3) is 10.4 Å². The number of carbonyl (C=O) groups excluding carboxylic acids is 2. The summed E-state index contributed by atoms with van der Waals surface area (Å²) in [5.74, 6) is 0.612. The molecule has 3 aromatic rings.